The molecule has 12 heteroatoms. The van der Waals surface area contributed by atoms with Crippen molar-refractivity contribution in [1.29, 1.82) is 0 Å². The largest absolute Gasteiger partial charge is 0.506 e. The molecule has 298 valence electrons. The smallest absolute Gasteiger partial charge is 0.338 e. The molecule has 4 N–H and O–H groups in total. The van der Waals surface area contributed by atoms with Crippen molar-refractivity contribution in [1.82, 2.24) is 15.2 Å². The number of nitrogens with zero attached hydrogens (tertiary/aromatic N) is 1. The van der Waals surface area contributed by atoms with Gasteiger partial charge in [-0.25, -0.2) is 9.18 Å². The summed E-state index contributed by atoms with van der Waals surface area (Å²) in [7, 11) is 0. The van der Waals surface area contributed by atoms with Gasteiger partial charge in [0.1, 0.15) is 30.0 Å². The minimum Gasteiger partial charge on any atom is -0.506 e. The second-order valence-corrected chi connectivity index (χ2v) is 14.9. The Morgan fingerprint density at radius 2 is 1.74 bits per heavy atom. The maximum atomic E-state index is 14.7. The minimum absolute atomic E-state index is 0.00843. The number of aromatic hydroxyl groups is 1. The average molecular weight is 778 g/mol. The van der Waals surface area contributed by atoms with Crippen LogP contribution in [-0.4, -0.2) is 77.5 Å². The van der Waals surface area contributed by atoms with E-state index in [-0.39, 0.29) is 66.6 Å². The normalized spacial score (nSPS) is 18.5. The Kier molecular flexibility index (Phi) is 12.9. The lowest BCUT2D eigenvalue weighted by molar-refractivity contribution is -0.159. The summed E-state index contributed by atoms with van der Waals surface area (Å²) in [4.78, 5) is 42.8. The van der Waals surface area contributed by atoms with E-state index in [2.05, 4.69) is 15.2 Å². The number of carbonyl (C=O) groups excluding carboxylic acids is 2. The van der Waals surface area contributed by atoms with E-state index in [1.807, 2.05) is 48.5 Å². The quantitative estimate of drug-likeness (QED) is 0.0620. The van der Waals surface area contributed by atoms with Crippen LogP contribution in [0.15, 0.2) is 102 Å². The number of piperidine rings is 3. The van der Waals surface area contributed by atoms with Gasteiger partial charge < -0.3 is 34.7 Å². The number of aromatic nitrogens is 1. The molecule has 3 atom stereocenters. The van der Waals surface area contributed by atoms with Crippen LogP contribution >= 0.6 is 0 Å². The molecule has 2 bridgehead atoms. The molecule has 3 saturated heterocycles. The summed E-state index contributed by atoms with van der Waals surface area (Å²) < 4.78 is 32.3. The Balaban J connectivity index is 0.883. The number of phenolic OH excluding ortho intramolecular Hbond substituents is 1. The molecule has 3 fully saturated rings. The van der Waals surface area contributed by atoms with E-state index in [4.69, 9.17) is 14.2 Å². The predicted molar refractivity (Wildman–Crippen MR) is 213 cm³/mol. The third kappa shape index (κ3) is 10.3. The number of H-pyrrole nitrogens is 1. The van der Waals surface area contributed by atoms with Crippen LogP contribution in [0.3, 0.4) is 0 Å². The molecule has 1 aromatic heterocycles. The van der Waals surface area contributed by atoms with Gasteiger partial charge >= 0.3 is 11.9 Å². The van der Waals surface area contributed by atoms with Crippen molar-refractivity contribution in [3.05, 3.63) is 141 Å². The van der Waals surface area contributed by atoms with Gasteiger partial charge in [-0.05, 0) is 116 Å². The summed E-state index contributed by atoms with van der Waals surface area (Å²) in [6.45, 7) is 3.86. The Morgan fingerprint density at radius 1 is 0.930 bits per heavy atom. The molecule has 0 amide bonds. The molecule has 0 unspecified atom stereocenters. The van der Waals surface area contributed by atoms with Crippen molar-refractivity contribution in [2.24, 2.45) is 5.92 Å². The lowest BCUT2D eigenvalue weighted by Gasteiger charge is -2.44. The van der Waals surface area contributed by atoms with Crippen LogP contribution in [0.4, 0.5) is 4.39 Å². The van der Waals surface area contributed by atoms with Gasteiger partial charge in [0.05, 0.1) is 30.2 Å². The van der Waals surface area contributed by atoms with Crippen molar-refractivity contribution in [2.45, 2.75) is 56.8 Å². The molecule has 4 heterocycles. The zero-order chi connectivity index (χ0) is 39.7. The number of halogens is 1. The van der Waals surface area contributed by atoms with Crippen LogP contribution in [0.2, 0.25) is 0 Å². The summed E-state index contributed by atoms with van der Waals surface area (Å²) in [6, 6.07) is 27.3. The van der Waals surface area contributed by atoms with E-state index < -0.39 is 17.9 Å². The van der Waals surface area contributed by atoms with Gasteiger partial charge in [-0.3, -0.25) is 14.5 Å². The van der Waals surface area contributed by atoms with Gasteiger partial charge in [0, 0.05) is 30.5 Å². The molecule has 5 aromatic rings. The van der Waals surface area contributed by atoms with Crippen molar-refractivity contribution >= 4 is 22.8 Å². The number of aliphatic hydroxyl groups is 1. The summed E-state index contributed by atoms with van der Waals surface area (Å²) in [5.41, 5.74) is 2.91. The van der Waals surface area contributed by atoms with E-state index in [9.17, 15) is 29.0 Å². The zero-order valence-electron chi connectivity index (χ0n) is 31.7. The molecule has 8 rings (SSSR count). The fourth-order valence-corrected chi connectivity index (χ4v) is 7.88. The Labute approximate surface area is 330 Å². The fourth-order valence-electron chi connectivity index (χ4n) is 7.88. The lowest BCUT2D eigenvalue weighted by Crippen LogP contribution is -2.52. The number of pyridine rings is 1. The van der Waals surface area contributed by atoms with Crippen LogP contribution < -0.4 is 15.6 Å². The number of aromatic amines is 1. The fraction of sp³-hybridized carbons (Fsp3) is 0.356. The number of aliphatic hydroxyl groups excluding tert-OH is 1. The molecule has 3 aliphatic heterocycles. The summed E-state index contributed by atoms with van der Waals surface area (Å²) >= 11 is 0. The van der Waals surface area contributed by atoms with Crippen molar-refractivity contribution in [3.63, 3.8) is 0 Å². The Morgan fingerprint density at radius 3 is 2.53 bits per heavy atom. The van der Waals surface area contributed by atoms with E-state index in [0.717, 1.165) is 49.7 Å². The first-order valence-electron chi connectivity index (χ1n) is 19.6. The summed E-state index contributed by atoms with van der Waals surface area (Å²) in [6.07, 6.45) is 2.57. The van der Waals surface area contributed by atoms with E-state index in [0.29, 0.717) is 47.6 Å². The number of nitrogens with one attached hydrogen (secondary N) is 2. The van der Waals surface area contributed by atoms with E-state index >= 15 is 0 Å². The molecule has 0 spiro atoms. The zero-order valence-corrected chi connectivity index (χ0v) is 31.7. The first kappa shape index (κ1) is 39.7. The first-order chi connectivity index (χ1) is 27.7. The average Bonchev–Trinajstić information content (AvgIpc) is 3.22. The minimum atomic E-state index is -0.881. The molecule has 0 aliphatic carbocycles. The number of carbonyl (C=O) groups is 2. The number of esters is 2. The maximum absolute atomic E-state index is 14.7. The van der Waals surface area contributed by atoms with Gasteiger partial charge in [-0.15, -0.1) is 0 Å². The van der Waals surface area contributed by atoms with Crippen LogP contribution in [0.5, 0.6) is 11.5 Å². The Hall–Kier alpha value is -5.56. The maximum Gasteiger partial charge on any atom is 0.338 e. The van der Waals surface area contributed by atoms with Crippen LogP contribution in [0, 0.1) is 11.7 Å². The second kappa shape index (κ2) is 18.6. The monoisotopic (exact) mass is 777 g/mol. The Bertz CT molecular complexity index is 2220. The van der Waals surface area contributed by atoms with Crippen molar-refractivity contribution in [3.8, 4) is 11.5 Å². The third-order valence-corrected chi connectivity index (χ3v) is 10.9. The van der Waals surface area contributed by atoms with Gasteiger partial charge in [0.15, 0.2) is 0 Å². The molecule has 0 radical (unpaired) electrons. The molecule has 4 aromatic carbocycles. The van der Waals surface area contributed by atoms with E-state index in [1.165, 1.54) is 18.2 Å². The molecular formula is C45H48FN3O8. The second-order valence-electron chi connectivity index (χ2n) is 14.9. The number of rotatable bonds is 17. The summed E-state index contributed by atoms with van der Waals surface area (Å²) in [5, 5.41) is 24.5. The standard InChI is InChI=1S/C45H48FN3O8/c46-34-22-29(21-33(23-34)45(54)55-20-5-4-17-47-26-40(51)36-11-13-39(50)44-37(36)12-14-42(52)48-44)28-56-35-10-6-9-32(24-35)38(30-7-2-1-3-8-30)25-43(53)57-41-27-49-18-15-31(41)16-19-49/h1-3,6-14,21-24,31,38,40-41,47,50-51H,4-5,15-20,25-28H2,(H,48,52)/t38-,40-,41-/m0/s1. The van der Waals surface area contributed by atoms with Crippen LogP contribution in [0.25, 0.3) is 10.9 Å². The van der Waals surface area contributed by atoms with Crippen molar-refractivity contribution in [2.75, 3.05) is 39.3 Å². The number of benzene rings is 4. The van der Waals surface area contributed by atoms with Gasteiger partial charge in [0.2, 0.25) is 5.56 Å². The predicted octanol–water partition coefficient (Wildman–Crippen LogP) is 6.37. The number of ether oxygens (including phenoxy) is 3. The SMILES string of the molecule is O=C(C[C@@H](c1ccccc1)c1cccc(OCc2cc(F)cc(C(=O)OCCCCNC[C@H](O)c3ccc(O)c4[nH]c(=O)ccc34)c2)c1)O[C@H]1CN2CCC1CC2. The number of unbranched alkanes of at least 4 members (excludes halogenated alkanes) is 1. The molecule has 3 aliphatic rings. The first-order valence-corrected chi connectivity index (χ1v) is 19.6. The number of phenols is 1. The highest BCUT2D eigenvalue weighted by Gasteiger charge is 2.37. The topological polar surface area (TPSA) is 150 Å². The highest BCUT2D eigenvalue weighted by Crippen LogP contribution is 2.34. The van der Waals surface area contributed by atoms with Crippen LogP contribution in [0.1, 0.15) is 76.7 Å². The lowest BCUT2D eigenvalue weighted by atomic mass is 9.85. The molecular weight excluding hydrogens is 730 g/mol. The highest BCUT2D eigenvalue weighted by atomic mass is 19.1. The van der Waals surface area contributed by atoms with Gasteiger partial charge in [-0.1, -0.05) is 48.5 Å². The third-order valence-electron chi connectivity index (χ3n) is 10.9. The molecule has 57 heavy (non-hydrogen) atoms. The van der Waals surface area contributed by atoms with Gasteiger partial charge in [-0.2, -0.15) is 0 Å². The molecule has 11 nitrogen and oxygen atoms in total. The highest BCUT2D eigenvalue weighted by molar-refractivity contribution is 5.89. The summed E-state index contributed by atoms with van der Waals surface area (Å²) in [5.74, 6) is -0.805. The van der Waals surface area contributed by atoms with Crippen LogP contribution in [-0.2, 0) is 20.9 Å². The molecule has 0 saturated carbocycles. The van der Waals surface area contributed by atoms with Gasteiger partial charge in [0.25, 0.3) is 0 Å². The van der Waals surface area contributed by atoms with Crippen molar-refractivity contribution < 1.29 is 38.4 Å². The number of fused-ring (bicyclic) bond motifs is 4. The number of hydrogen-bond donors (Lipinski definition) is 4. The number of hydrogen-bond acceptors (Lipinski definition) is 10. The van der Waals surface area contributed by atoms with E-state index in [1.54, 1.807) is 24.3 Å².